The number of carbonyl (C=O) groups is 3. The summed E-state index contributed by atoms with van der Waals surface area (Å²) in [6, 6.07) is 6.05. The number of benzene rings is 1. The molecule has 1 aliphatic carbocycles. The number of esters is 1. The third-order valence-electron chi connectivity index (χ3n) is 9.80. The molecule has 12 nitrogen and oxygen atoms in total. The number of amides is 2. The van der Waals surface area contributed by atoms with Crippen LogP contribution in [0.15, 0.2) is 55.4 Å². The molecular weight excluding hydrogens is 722 g/mol. The Morgan fingerprint density at radius 2 is 1.56 bits per heavy atom. The Labute approximate surface area is 303 Å². The molecule has 2 aliphatic heterocycles. The maximum absolute atomic E-state index is 14.0. The summed E-state index contributed by atoms with van der Waals surface area (Å²) in [7, 11) is 0. The highest BCUT2D eigenvalue weighted by Gasteiger charge is 2.42. The number of ether oxygens (including phenoxy) is 1. The second-order valence-electron chi connectivity index (χ2n) is 13.3. The van der Waals surface area contributed by atoms with Crippen LogP contribution in [0.25, 0.3) is 5.69 Å². The van der Waals surface area contributed by atoms with Gasteiger partial charge in [0, 0.05) is 67.4 Å². The van der Waals surface area contributed by atoms with Crippen LogP contribution in [-0.4, -0.2) is 67.0 Å². The molecule has 0 saturated heterocycles. The summed E-state index contributed by atoms with van der Waals surface area (Å²) >= 11 is 0. The molecule has 18 heteroatoms. The minimum Gasteiger partial charge on any atom is -0.457 e. The van der Waals surface area contributed by atoms with Crippen molar-refractivity contribution in [2.75, 3.05) is 31.1 Å². The van der Waals surface area contributed by atoms with Gasteiger partial charge in [0.1, 0.15) is 23.6 Å². The first-order valence-electron chi connectivity index (χ1n) is 16.8. The molecule has 3 aromatic heterocycles. The predicted molar refractivity (Wildman–Crippen MR) is 180 cm³/mol. The largest absolute Gasteiger partial charge is 0.457 e. The number of nitrogen functional groups attached to an aromatic ring is 2. The van der Waals surface area contributed by atoms with Gasteiger partial charge in [0.2, 0.25) is 5.91 Å². The zero-order valence-electron chi connectivity index (χ0n) is 28.4. The van der Waals surface area contributed by atoms with Gasteiger partial charge in [-0.3, -0.25) is 19.6 Å². The van der Waals surface area contributed by atoms with E-state index >= 15 is 0 Å². The summed E-state index contributed by atoms with van der Waals surface area (Å²) in [5.41, 5.74) is 11.9. The molecule has 0 radical (unpaired) electrons. The average molecular weight is 755 g/mol. The first kappa shape index (κ1) is 36.4. The van der Waals surface area contributed by atoms with E-state index in [4.69, 9.17) is 21.3 Å². The first-order chi connectivity index (χ1) is 25.5. The lowest BCUT2D eigenvalue weighted by Gasteiger charge is -2.38. The van der Waals surface area contributed by atoms with Crippen molar-refractivity contribution in [2.24, 2.45) is 0 Å². The lowest BCUT2D eigenvalue weighted by atomic mass is 9.94. The van der Waals surface area contributed by atoms with Crippen molar-refractivity contribution in [3.63, 3.8) is 0 Å². The van der Waals surface area contributed by atoms with Crippen LogP contribution in [0.1, 0.15) is 85.0 Å². The van der Waals surface area contributed by atoms with E-state index in [1.165, 1.54) is 9.80 Å². The quantitative estimate of drug-likeness (QED) is 0.143. The summed E-state index contributed by atoms with van der Waals surface area (Å²) < 4.78 is 86.6. The van der Waals surface area contributed by atoms with E-state index in [-0.39, 0.29) is 49.7 Å². The van der Waals surface area contributed by atoms with Crippen LogP contribution in [0.2, 0.25) is 0 Å². The molecule has 4 N–H and O–H groups in total. The van der Waals surface area contributed by atoms with E-state index in [9.17, 15) is 40.7 Å². The summed E-state index contributed by atoms with van der Waals surface area (Å²) in [4.78, 5) is 49.7. The third-order valence-corrected chi connectivity index (χ3v) is 9.80. The van der Waals surface area contributed by atoms with Gasteiger partial charge in [-0.05, 0) is 54.7 Å². The summed E-state index contributed by atoms with van der Waals surface area (Å²) in [5, 5.41) is 4.94. The minimum absolute atomic E-state index is 0.0317. The van der Waals surface area contributed by atoms with Gasteiger partial charge in [0.15, 0.2) is 0 Å². The number of nitrogens with zero attached hydrogens (tertiary/aromatic N) is 6. The molecule has 0 spiro atoms. The van der Waals surface area contributed by atoms with Crippen molar-refractivity contribution in [1.29, 1.82) is 0 Å². The lowest BCUT2D eigenvalue weighted by Crippen LogP contribution is -2.46. The second-order valence-corrected chi connectivity index (χ2v) is 13.3. The van der Waals surface area contributed by atoms with Gasteiger partial charge in [-0.2, -0.15) is 31.4 Å². The van der Waals surface area contributed by atoms with E-state index in [0.29, 0.717) is 52.7 Å². The van der Waals surface area contributed by atoms with Crippen LogP contribution >= 0.6 is 0 Å². The van der Waals surface area contributed by atoms with Gasteiger partial charge in [0.25, 0.3) is 5.91 Å². The monoisotopic (exact) mass is 754 g/mol. The number of hydrogen-bond donors (Lipinski definition) is 2. The SMILES string of the molecule is C=CC(=O)N1CCc2nn(-c3ccc(C4CC4)cc3COC(=O)c3cnc(C(F)(F)F)cc3N)c3c2C(C1)N(C(=O)c1cnc(C(F)(F)F)cc1N)CC3. The highest BCUT2D eigenvalue weighted by molar-refractivity contribution is 5.99. The first-order valence-corrected chi connectivity index (χ1v) is 16.8. The molecule has 7 rings (SSSR count). The van der Waals surface area contributed by atoms with Crippen molar-refractivity contribution in [3.8, 4) is 5.69 Å². The summed E-state index contributed by atoms with van der Waals surface area (Å²) in [5.74, 6) is -1.73. The molecule has 4 aromatic rings. The average Bonchev–Trinajstić information content (AvgIpc) is 3.94. The van der Waals surface area contributed by atoms with Gasteiger partial charge in [-0.15, -0.1) is 0 Å². The Hall–Kier alpha value is -5.94. The molecular formula is C36H32F6N8O4. The van der Waals surface area contributed by atoms with Crippen LogP contribution < -0.4 is 11.5 Å². The van der Waals surface area contributed by atoms with Crippen molar-refractivity contribution in [3.05, 3.63) is 106 Å². The molecule has 2 amide bonds. The van der Waals surface area contributed by atoms with Crippen LogP contribution in [0, 0.1) is 0 Å². The number of pyridine rings is 2. The fourth-order valence-corrected chi connectivity index (χ4v) is 6.94. The number of nitrogens with two attached hydrogens (primary N) is 2. The molecule has 1 unspecified atom stereocenters. The number of halogens is 6. The number of aromatic nitrogens is 4. The normalized spacial score (nSPS) is 17.1. The van der Waals surface area contributed by atoms with Gasteiger partial charge in [0.05, 0.1) is 28.7 Å². The molecule has 54 heavy (non-hydrogen) atoms. The van der Waals surface area contributed by atoms with Crippen LogP contribution in [0.3, 0.4) is 0 Å². The van der Waals surface area contributed by atoms with Gasteiger partial charge in [-0.1, -0.05) is 12.6 Å². The van der Waals surface area contributed by atoms with Crippen molar-refractivity contribution in [2.45, 2.75) is 56.6 Å². The van der Waals surface area contributed by atoms with E-state index in [1.54, 1.807) is 4.68 Å². The molecule has 1 atom stereocenters. The number of anilines is 2. The Balaban J connectivity index is 1.25. The molecule has 1 aromatic carbocycles. The Bertz CT molecular complexity index is 2200. The van der Waals surface area contributed by atoms with Crippen molar-refractivity contribution < 1.29 is 45.5 Å². The Morgan fingerprint density at radius 1 is 0.907 bits per heavy atom. The van der Waals surface area contributed by atoms with Crippen LogP contribution in [0.4, 0.5) is 37.7 Å². The zero-order chi connectivity index (χ0) is 38.7. The van der Waals surface area contributed by atoms with Crippen molar-refractivity contribution in [1.82, 2.24) is 29.5 Å². The van der Waals surface area contributed by atoms with E-state index in [0.717, 1.165) is 36.9 Å². The van der Waals surface area contributed by atoms with E-state index in [1.807, 2.05) is 18.2 Å². The fourth-order valence-electron chi connectivity index (χ4n) is 6.94. The lowest BCUT2D eigenvalue weighted by molar-refractivity contribution is -0.141. The number of rotatable bonds is 7. The zero-order valence-corrected chi connectivity index (χ0v) is 28.4. The number of carbonyl (C=O) groups excluding carboxylic acids is 3. The highest BCUT2D eigenvalue weighted by Crippen LogP contribution is 2.43. The van der Waals surface area contributed by atoms with Crippen LogP contribution in [0.5, 0.6) is 0 Å². The minimum atomic E-state index is -4.77. The van der Waals surface area contributed by atoms with Crippen molar-refractivity contribution >= 4 is 29.2 Å². The van der Waals surface area contributed by atoms with Gasteiger partial charge < -0.3 is 26.0 Å². The van der Waals surface area contributed by atoms with Crippen LogP contribution in [-0.2, 0) is 41.3 Å². The maximum atomic E-state index is 14.0. The molecule has 1 fully saturated rings. The maximum Gasteiger partial charge on any atom is 0.433 e. The van der Waals surface area contributed by atoms with E-state index < -0.39 is 53.0 Å². The fraction of sp³-hybridized carbons (Fsp3) is 0.333. The molecule has 3 aliphatic rings. The summed E-state index contributed by atoms with van der Waals surface area (Å²) in [6.45, 7) is 3.62. The summed E-state index contributed by atoms with van der Waals surface area (Å²) in [6.07, 6.45) is -4.38. The van der Waals surface area contributed by atoms with Gasteiger partial charge >= 0.3 is 18.3 Å². The Morgan fingerprint density at radius 3 is 2.15 bits per heavy atom. The second kappa shape index (κ2) is 13.5. The molecule has 0 bridgehead atoms. The number of alkyl halides is 6. The highest BCUT2D eigenvalue weighted by atomic mass is 19.4. The number of hydrogen-bond acceptors (Lipinski definition) is 9. The standard InChI is InChI=1S/C36H32F6N8O4/c1-2-31(51)48-9-7-25-32-27(8-10-49(28(32)16-48)33(52)21-14-45-29(12-23(21)43)35(37,38)39)50(47-25)26-6-5-19(18-3-4-18)11-20(26)17-54-34(53)22-15-46-30(13-24(22)44)36(40,41)42/h2,5-6,11-15,18,28H,1,3-4,7-10,16-17H2,(H2,43,45)(H2,44,46). The van der Waals surface area contributed by atoms with Gasteiger partial charge in [-0.25, -0.2) is 9.48 Å². The van der Waals surface area contributed by atoms with E-state index in [2.05, 4.69) is 16.5 Å². The smallest absolute Gasteiger partial charge is 0.433 e. The predicted octanol–water partition coefficient (Wildman–Crippen LogP) is 5.41. The topological polar surface area (TPSA) is 163 Å². The molecule has 5 heterocycles. The third kappa shape index (κ3) is 6.82. The Kier molecular flexibility index (Phi) is 9.09. The molecule has 1 saturated carbocycles. The molecule has 282 valence electrons.